The van der Waals surface area contributed by atoms with Crippen molar-refractivity contribution in [1.29, 1.82) is 0 Å². The molecule has 140 valence electrons. The van der Waals surface area contributed by atoms with Gasteiger partial charge in [-0.05, 0) is 38.0 Å². The summed E-state index contributed by atoms with van der Waals surface area (Å²) in [4.78, 5) is 12.2. The molecule has 26 heavy (non-hydrogen) atoms. The number of benzene rings is 1. The molecule has 1 aromatic carbocycles. The first-order valence-corrected chi connectivity index (χ1v) is 10.1. The van der Waals surface area contributed by atoms with Crippen LogP contribution in [0, 0.1) is 6.92 Å². The lowest BCUT2D eigenvalue weighted by atomic mass is 10.2. The van der Waals surface area contributed by atoms with E-state index in [1.165, 1.54) is 22.5 Å². The highest BCUT2D eigenvalue weighted by Gasteiger charge is 2.29. The third-order valence-corrected chi connectivity index (χ3v) is 6.50. The summed E-state index contributed by atoms with van der Waals surface area (Å²) in [6, 6.07) is 5.75. The molecule has 0 bridgehead atoms. The molecule has 1 aliphatic rings. The van der Waals surface area contributed by atoms with Gasteiger partial charge in [-0.1, -0.05) is 23.2 Å². The van der Waals surface area contributed by atoms with Gasteiger partial charge < -0.3 is 9.26 Å². The number of carbonyl (C=O) groups excluding carboxylic acids is 1. The van der Waals surface area contributed by atoms with E-state index in [1.807, 2.05) is 0 Å². The van der Waals surface area contributed by atoms with Crippen molar-refractivity contribution in [2.24, 2.45) is 0 Å². The fourth-order valence-electron chi connectivity index (χ4n) is 2.78. The quantitative estimate of drug-likeness (QED) is 0.718. The van der Waals surface area contributed by atoms with E-state index in [9.17, 15) is 13.2 Å². The normalized spacial score (nSPS) is 15.8. The molecule has 0 unspecified atom stereocenters. The number of rotatable bonds is 5. The summed E-state index contributed by atoms with van der Waals surface area (Å²) in [6.45, 7) is 2.58. The second kappa shape index (κ2) is 7.77. The van der Waals surface area contributed by atoms with Crippen molar-refractivity contribution in [3.63, 3.8) is 0 Å². The molecule has 1 aliphatic heterocycles. The van der Waals surface area contributed by atoms with E-state index in [2.05, 4.69) is 5.16 Å². The topological polar surface area (TPSA) is 89.7 Å². The monoisotopic (exact) mass is 398 g/mol. The summed E-state index contributed by atoms with van der Waals surface area (Å²) in [5.41, 5.74) is 0.790. The molecule has 0 radical (unpaired) electrons. The minimum atomic E-state index is -3.75. The zero-order chi connectivity index (χ0) is 18.7. The van der Waals surface area contributed by atoms with Gasteiger partial charge in [0.2, 0.25) is 10.0 Å². The van der Waals surface area contributed by atoms with Crippen molar-refractivity contribution in [3.05, 3.63) is 46.3 Å². The maximum atomic E-state index is 12.8. The highest BCUT2D eigenvalue weighted by atomic mass is 35.5. The van der Waals surface area contributed by atoms with E-state index < -0.39 is 16.0 Å². The SMILES string of the molecule is Cc1cc(COC(=O)c2ccc(Cl)c(S(=O)(=O)N3CCCCC3)c2)on1. The number of nitrogens with zero attached hydrogens (tertiary/aromatic N) is 2. The molecule has 7 nitrogen and oxygen atoms in total. The molecular formula is C17H19ClN2O5S. The summed E-state index contributed by atoms with van der Waals surface area (Å²) >= 11 is 6.10. The number of aryl methyl sites for hydroxylation is 1. The summed E-state index contributed by atoms with van der Waals surface area (Å²) < 4.78 is 37.2. The molecule has 3 rings (SSSR count). The van der Waals surface area contributed by atoms with Gasteiger partial charge in [-0.25, -0.2) is 13.2 Å². The van der Waals surface area contributed by atoms with Crippen LogP contribution < -0.4 is 0 Å². The molecule has 0 saturated carbocycles. The lowest BCUT2D eigenvalue weighted by molar-refractivity contribution is 0.0437. The molecule has 0 aliphatic carbocycles. The van der Waals surface area contributed by atoms with Crippen LogP contribution in [-0.4, -0.2) is 36.9 Å². The number of aromatic nitrogens is 1. The fraction of sp³-hybridized carbons (Fsp3) is 0.412. The van der Waals surface area contributed by atoms with Gasteiger partial charge in [0.05, 0.1) is 16.3 Å². The molecule has 1 fully saturated rings. The molecule has 0 spiro atoms. The molecule has 0 N–H and O–H groups in total. The van der Waals surface area contributed by atoms with Crippen molar-refractivity contribution < 1.29 is 22.5 Å². The van der Waals surface area contributed by atoms with Gasteiger partial charge in [-0.15, -0.1) is 0 Å². The van der Waals surface area contributed by atoms with Crippen LogP contribution in [-0.2, 0) is 21.4 Å². The van der Waals surface area contributed by atoms with Crippen molar-refractivity contribution in [1.82, 2.24) is 9.46 Å². The summed E-state index contributed by atoms with van der Waals surface area (Å²) in [5.74, 6) is -0.253. The van der Waals surface area contributed by atoms with Gasteiger partial charge in [-0.2, -0.15) is 4.31 Å². The van der Waals surface area contributed by atoms with Gasteiger partial charge >= 0.3 is 5.97 Å². The van der Waals surface area contributed by atoms with Gasteiger partial charge in [0.25, 0.3) is 0 Å². The predicted molar refractivity (Wildman–Crippen MR) is 94.4 cm³/mol. The van der Waals surface area contributed by atoms with Gasteiger partial charge in [0.15, 0.2) is 12.4 Å². The minimum Gasteiger partial charge on any atom is -0.454 e. The molecule has 1 aromatic heterocycles. The average molecular weight is 399 g/mol. The second-order valence-electron chi connectivity index (χ2n) is 6.12. The number of carbonyl (C=O) groups is 1. The molecule has 0 amide bonds. The van der Waals surface area contributed by atoms with E-state index in [0.29, 0.717) is 24.5 Å². The molecular weight excluding hydrogens is 380 g/mol. The van der Waals surface area contributed by atoms with E-state index in [1.54, 1.807) is 13.0 Å². The lowest BCUT2D eigenvalue weighted by Gasteiger charge is -2.26. The number of hydrogen-bond acceptors (Lipinski definition) is 6. The van der Waals surface area contributed by atoms with Gasteiger partial charge in [0, 0.05) is 19.2 Å². The summed E-state index contributed by atoms with van der Waals surface area (Å²) in [5, 5.41) is 3.79. The number of hydrogen-bond donors (Lipinski definition) is 0. The Balaban J connectivity index is 1.79. The largest absolute Gasteiger partial charge is 0.454 e. The van der Waals surface area contributed by atoms with Crippen LogP contribution in [0.3, 0.4) is 0 Å². The number of halogens is 1. The Morgan fingerprint density at radius 1 is 1.27 bits per heavy atom. The molecule has 2 heterocycles. The maximum absolute atomic E-state index is 12.8. The standard InChI is InChI=1S/C17H19ClN2O5S/c1-12-9-14(25-19-12)11-24-17(21)13-5-6-15(18)16(10-13)26(22,23)20-7-3-2-4-8-20/h5-6,9-10H,2-4,7-8,11H2,1H3. The van der Waals surface area contributed by atoms with E-state index in [-0.39, 0.29) is 22.1 Å². The first-order valence-electron chi connectivity index (χ1n) is 8.27. The Labute approximate surface area is 156 Å². The van der Waals surface area contributed by atoms with E-state index >= 15 is 0 Å². The number of sulfonamides is 1. The van der Waals surface area contributed by atoms with Crippen LogP contribution in [0.1, 0.15) is 41.1 Å². The third-order valence-electron chi connectivity index (χ3n) is 4.12. The smallest absolute Gasteiger partial charge is 0.338 e. The summed E-state index contributed by atoms with van der Waals surface area (Å²) in [6.07, 6.45) is 2.64. The van der Waals surface area contributed by atoms with Crippen LogP contribution in [0.4, 0.5) is 0 Å². The van der Waals surface area contributed by atoms with Crippen LogP contribution in [0.5, 0.6) is 0 Å². The lowest BCUT2D eigenvalue weighted by Crippen LogP contribution is -2.35. The van der Waals surface area contributed by atoms with Crippen LogP contribution >= 0.6 is 11.6 Å². The Hall–Kier alpha value is -1.90. The first-order chi connectivity index (χ1) is 12.4. The van der Waals surface area contributed by atoms with Crippen molar-refractivity contribution in [3.8, 4) is 0 Å². The van der Waals surface area contributed by atoms with Crippen LogP contribution in [0.15, 0.2) is 33.7 Å². The van der Waals surface area contributed by atoms with Crippen LogP contribution in [0.2, 0.25) is 5.02 Å². The predicted octanol–water partition coefficient (Wildman–Crippen LogP) is 3.17. The number of ether oxygens (including phenoxy) is 1. The molecule has 0 atom stereocenters. The summed E-state index contributed by atoms with van der Waals surface area (Å²) in [7, 11) is -3.75. The number of esters is 1. The Morgan fingerprint density at radius 3 is 2.65 bits per heavy atom. The Bertz CT molecular complexity index is 904. The molecule has 9 heteroatoms. The first kappa shape index (κ1) is 18.9. The van der Waals surface area contributed by atoms with Crippen molar-refractivity contribution in [2.75, 3.05) is 13.1 Å². The second-order valence-corrected chi connectivity index (χ2v) is 8.43. The average Bonchev–Trinajstić information content (AvgIpc) is 3.06. The Morgan fingerprint density at radius 2 is 2.00 bits per heavy atom. The molecule has 1 saturated heterocycles. The van der Waals surface area contributed by atoms with Gasteiger partial charge in [0.1, 0.15) is 4.90 Å². The molecule has 2 aromatic rings. The zero-order valence-corrected chi connectivity index (χ0v) is 15.8. The number of piperidine rings is 1. The Kier molecular flexibility index (Phi) is 5.64. The zero-order valence-electron chi connectivity index (χ0n) is 14.3. The highest BCUT2D eigenvalue weighted by Crippen LogP contribution is 2.28. The minimum absolute atomic E-state index is 0.0778. The van der Waals surface area contributed by atoms with Crippen molar-refractivity contribution in [2.45, 2.75) is 37.7 Å². The van der Waals surface area contributed by atoms with E-state index in [0.717, 1.165) is 19.3 Å². The third kappa shape index (κ3) is 4.08. The fourth-order valence-corrected chi connectivity index (χ4v) is 4.79. The van der Waals surface area contributed by atoms with E-state index in [4.69, 9.17) is 20.9 Å². The van der Waals surface area contributed by atoms with Crippen LogP contribution in [0.25, 0.3) is 0 Å². The van der Waals surface area contributed by atoms with Crippen molar-refractivity contribution >= 4 is 27.6 Å². The van der Waals surface area contributed by atoms with Gasteiger partial charge in [-0.3, -0.25) is 0 Å². The highest BCUT2D eigenvalue weighted by molar-refractivity contribution is 7.89. The maximum Gasteiger partial charge on any atom is 0.338 e.